The number of nitrogens with zero attached hydrogens (tertiary/aromatic N) is 1. The summed E-state index contributed by atoms with van der Waals surface area (Å²) in [5.41, 5.74) is 3.00. The molecule has 0 aromatic heterocycles. The van der Waals surface area contributed by atoms with Crippen LogP contribution in [-0.2, 0) is 0 Å². The van der Waals surface area contributed by atoms with E-state index in [1.54, 1.807) is 4.58 Å². The number of benzene rings is 1. The highest BCUT2D eigenvalue weighted by Gasteiger charge is 2.37. The van der Waals surface area contributed by atoms with Gasteiger partial charge in [-0.3, -0.25) is 0 Å². The first-order valence-corrected chi connectivity index (χ1v) is 5.46. The molecule has 1 aromatic rings. The molecule has 0 radical (unpaired) electrons. The summed E-state index contributed by atoms with van der Waals surface area (Å²) in [6.07, 6.45) is 1.57. The number of hydrogen-bond donors (Lipinski definition) is 0. The lowest BCUT2D eigenvalue weighted by Crippen LogP contribution is -2.15. The molecule has 16 heavy (non-hydrogen) atoms. The molecule has 0 bridgehead atoms. The summed E-state index contributed by atoms with van der Waals surface area (Å²) in [4.78, 5) is 11.7. The standard InChI is InChI=1S/C13H16NO2/c1-8(2)7-14-11-6-9(3)5-10(4)12(11)16-13(14)15/h5-8H,1-4H3/q+1/b14-7+. The van der Waals surface area contributed by atoms with Crippen LogP contribution >= 0.6 is 0 Å². The van der Waals surface area contributed by atoms with Crippen molar-refractivity contribution in [3.05, 3.63) is 23.3 Å². The Morgan fingerprint density at radius 2 is 2.00 bits per heavy atom. The van der Waals surface area contributed by atoms with Crippen molar-refractivity contribution >= 4 is 18.0 Å². The third-order valence-electron chi connectivity index (χ3n) is 2.49. The van der Waals surface area contributed by atoms with E-state index < -0.39 is 0 Å². The van der Waals surface area contributed by atoms with Crippen LogP contribution in [0, 0.1) is 19.8 Å². The van der Waals surface area contributed by atoms with Crippen molar-refractivity contribution in [1.82, 2.24) is 0 Å². The molecule has 1 aliphatic heterocycles. The van der Waals surface area contributed by atoms with Gasteiger partial charge in [0.2, 0.25) is 5.75 Å². The molecule has 0 fully saturated rings. The number of amides is 1. The summed E-state index contributed by atoms with van der Waals surface area (Å²) < 4.78 is 6.86. The molecule has 1 aromatic carbocycles. The molecule has 0 N–H and O–H groups in total. The van der Waals surface area contributed by atoms with Crippen molar-refractivity contribution in [1.29, 1.82) is 0 Å². The minimum Gasteiger partial charge on any atom is -0.365 e. The third kappa shape index (κ3) is 1.73. The van der Waals surface area contributed by atoms with Crippen LogP contribution < -0.4 is 4.74 Å². The van der Waals surface area contributed by atoms with Crippen LogP contribution in [0.2, 0.25) is 0 Å². The lowest BCUT2D eigenvalue weighted by atomic mass is 10.1. The van der Waals surface area contributed by atoms with Crippen molar-refractivity contribution in [2.75, 3.05) is 0 Å². The van der Waals surface area contributed by atoms with Gasteiger partial charge in [0.1, 0.15) is 0 Å². The van der Waals surface area contributed by atoms with Gasteiger partial charge < -0.3 is 4.74 Å². The molecule has 2 rings (SSSR count). The number of ether oxygens (including phenoxy) is 1. The average Bonchev–Trinajstić information content (AvgIpc) is 2.45. The Labute approximate surface area is 95.4 Å². The van der Waals surface area contributed by atoms with Crippen LogP contribution in [0.25, 0.3) is 0 Å². The van der Waals surface area contributed by atoms with E-state index in [0.29, 0.717) is 11.7 Å². The molecule has 3 nitrogen and oxygen atoms in total. The van der Waals surface area contributed by atoms with Crippen LogP contribution in [0.4, 0.5) is 10.5 Å². The Bertz CT molecular complexity index is 487. The molecule has 1 aliphatic rings. The lowest BCUT2D eigenvalue weighted by Gasteiger charge is -1.98. The lowest BCUT2D eigenvalue weighted by molar-refractivity contribution is -0.331. The van der Waals surface area contributed by atoms with E-state index in [4.69, 9.17) is 4.74 Å². The van der Waals surface area contributed by atoms with E-state index in [-0.39, 0.29) is 6.09 Å². The van der Waals surface area contributed by atoms with Gasteiger partial charge in [-0.1, -0.05) is 24.5 Å². The molecule has 1 heterocycles. The van der Waals surface area contributed by atoms with Crippen molar-refractivity contribution in [3.8, 4) is 5.75 Å². The van der Waals surface area contributed by atoms with Gasteiger partial charge in [0.25, 0.3) is 5.69 Å². The van der Waals surface area contributed by atoms with Crippen molar-refractivity contribution in [3.63, 3.8) is 0 Å². The molecule has 0 aliphatic carbocycles. The fraction of sp³-hybridized carbons (Fsp3) is 0.385. The highest BCUT2D eigenvalue weighted by Crippen LogP contribution is 2.37. The zero-order valence-corrected chi connectivity index (χ0v) is 10.1. The normalized spacial score (nSPS) is 16.8. The minimum atomic E-state index is -0.308. The molecule has 0 saturated carbocycles. The van der Waals surface area contributed by atoms with Gasteiger partial charge in [0.15, 0.2) is 6.21 Å². The molecular weight excluding hydrogens is 202 g/mol. The zero-order valence-electron chi connectivity index (χ0n) is 10.1. The number of carbonyl (C=O) groups is 1. The predicted molar refractivity (Wildman–Crippen MR) is 62.8 cm³/mol. The van der Waals surface area contributed by atoms with Crippen LogP contribution in [0.5, 0.6) is 5.75 Å². The van der Waals surface area contributed by atoms with E-state index in [1.165, 1.54) is 0 Å². The highest BCUT2D eigenvalue weighted by molar-refractivity contribution is 5.80. The second-order valence-corrected chi connectivity index (χ2v) is 4.56. The average molecular weight is 218 g/mol. The number of carbonyl (C=O) groups excluding carboxylic acids is 1. The topological polar surface area (TPSA) is 29.3 Å². The van der Waals surface area contributed by atoms with E-state index in [0.717, 1.165) is 16.8 Å². The van der Waals surface area contributed by atoms with Crippen LogP contribution in [0.1, 0.15) is 25.0 Å². The van der Waals surface area contributed by atoms with E-state index in [2.05, 4.69) is 0 Å². The predicted octanol–water partition coefficient (Wildman–Crippen LogP) is 3.19. The number of rotatable bonds is 1. The summed E-state index contributed by atoms with van der Waals surface area (Å²) in [5, 5.41) is 0. The van der Waals surface area contributed by atoms with Gasteiger partial charge >= 0.3 is 6.09 Å². The number of aryl methyl sites for hydroxylation is 2. The number of hydrogen-bond acceptors (Lipinski definition) is 2. The maximum Gasteiger partial charge on any atom is 0.608 e. The SMILES string of the molecule is Cc1cc(C)c2c(c1)/[N+](=C\C(C)C)C(=O)O2. The number of fused-ring (bicyclic) bond motifs is 1. The van der Waals surface area contributed by atoms with Gasteiger partial charge in [0.05, 0.1) is 0 Å². The molecule has 0 saturated heterocycles. The second-order valence-electron chi connectivity index (χ2n) is 4.56. The maximum absolute atomic E-state index is 11.7. The maximum atomic E-state index is 11.7. The Morgan fingerprint density at radius 1 is 1.31 bits per heavy atom. The molecule has 0 spiro atoms. The summed E-state index contributed by atoms with van der Waals surface area (Å²) in [6.45, 7) is 8.05. The summed E-state index contributed by atoms with van der Waals surface area (Å²) in [6, 6.07) is 4.00. The van der Waals surface area contributed by atoms with Crippen LogP contribution in [0.3, 0.4) is 0 Å². The zero-order chi connectivity index (χ0) is 11.9. The van der Waals surface area contributed by atoms with E-state index in [1.807, 2.05) is 46.0 Å². The second kappa shape index (κ2) is 3.74. The third-order valence-corrected chi connectivity index (χ3v) is 2.49. The first-order chi connectivity index (χ1) is 7.49. The van der Waals surface area contributed by atoms with E-state index >= 15 is 0 Å². The fourth-order valence-electron chi connectivity index (χ4n) is 1.92. The summed E-state index contributed by atoms with van der Waals surface area (Å²) >= 11 is 0. The minimum absolute atomic E-state index is 0.305. The quantitative estimate of drug-likeness (QED) is 0.677. The first kappa shape index (κ1) is 10.9. The monoisotopic (exact) mass is 218 g/mol. The molecule has 3 heteroatoms. The van der Waals surface area contributed by atoms with Crippen molar-refractivity contribution < 1.29 is 14.1 Å². The van der Waals surface area contributed by atoms with Gasteiger partial charge in [-0.15, -0.1) is 0 Å². The van der Waals surface area contributed by atoms with Gasteiger partial charge in [0, 0.05) is 12.0 Å². The molecule has 1 amide bonds. The summed E-state index contributed by atoms with van der Waals surface area (Å²) in [5.74, 6) is 0.992. The van der Waals surface area contributed by atoms with Crippen LogP contribution in [-0.4, -0.2) is 16.9 Å². The fourth-order valence-corrected chi connectivity index (χ4v) is 1.92. The van der Waals surface area contributed by atoms with Gasteiger partial charge in [-0.25, -0.2) is 0 Å². The summed E-state index contributed by atoms with van der Waals surface area (Å²) in [7, 11) is 0. The van der Waals surface area contributed by atoms with E-state index in [9.17, 15) is 4.79 Å². The Kier molecular flexibility index (Phi) is 2.54. The van der Waals surface area contributed by atoms with Crippen molar-refractivity contribution in [2.24, 2.45) is 5.92 Å². The Hall–Kier alpha value is -1.64. The molecular formula is C13H16NO2+. The molecule has 0 unspecified atom stereocenters. The molecule has 0 atom stereocenters. The van der Waals surface area contributed by atoms with Crippen molar-refractivity contribution in [2.45, 2.75) is 27.7 Å². The Morgan fingerprint density at radius 3 is 2.62 bits per heavy atom. The van der Waals surface area contributed by atoms with Crippen LogP contribution in [0.15, 0.2) is 12.1 Å². The largest absolute Gasteiger partial charge is 0.608 e. The highest BCUT2D eigenvalue weighted by atomic mass is 16.6. The van der Waals surface area contributed by atoms with Gasteiger partial charge in [-0.2, -0.15) is 4.79 Å². The molecule has 84 valence electrons. The smallest absolute Gasteiger partial charge is 0.365 e. The Balaban J connectivity index is 2.61. The van der Waals surface area contributed by atoms with Gasteiger partial charge in [-0.05, 0) is 25.0 Å². The first-order valence-electron chi connectivity index (χ1n) is 5.46.